The molecule has 2 aliphatic carbocycles. The molecule has 0 N–H and O–H groups in total. The molecule has 1 fully saturated rings. The van der Waals surface area contributed by atoms with Crippen molar-refractivity contribution in [2.75, 3.05) is 7.11 Å². The zero-order valence-electron chi connectivity index (χ0n) is 19.4. The summed E-state index contributed by atoms with van der Waals surface area (Å²) in [6, 6.07) is 8.76. The lowest BCUT2D eigenvalue weighted by molar-refractivity contribution is -0.136. The Morgan fingerprint density at radius 2 is 1.80 bits per heavy atom. The fourth-order valence-electron chi connectivity index (χ4n) is 5.34. The van der Waals surface area contributed by atoms with Crippen LogP contribution in [0.15, 0.2) is 47.6 Å². The van der Waals surface area contributed by atoms with Gasteiger partial charge in [0.15, 0.2) is 5.78 Å². The van der Waals surface area contributed by atoms with Gasteiger partial charge in [-0.05, 0) is 72.5 Å². The van der Waals surface area contributed by atoms with Crippen LogP contribution in [0.5, 0.6) is 0 Å². The van der Waals surface area contributed by atoms with Gasteiger partial charge in [-0.15, -0.1) is 0 Å². The first kappa shape index (κ1) is 22.5. The van der Waals surface area contributed by atoms with Crippen LogP contribution in [0.3, 0.4) is 0 Å². The lowest BCUT2D eigenvalue weighted by Gasteiger charge is -2.26. The number of rotatable bonds is 4. The van der Waals surface area contributed by atoms with Crippen LogP contribution in [-0.2, 0) is 26.2 Å². The average molecular weight is 409 g/mol. The Morgan fingerprint density at radius 3 is 2.37 bits per heavy atom. The van der Waals surface area contributed by atoms with Crippen molar-refractivity contribution in [1.82, 2.24) is 0 Å². The lowest BCUT2D eigenvalue weighted by Crippen LogP contribution is -2.25. The van der Waals surface area contributed by atoms with E-state index in [0.29, 0.717) is 11.5 Å². The van der Waals surface area contributed by atoms with E-state index in [-0.39, 0.29) is 34.9 Å². The number of Topliss-reactive ketones (excluding diaryl/α,β-unsaturated/α-hetero) is 1. The highest BCUT2D eigenvalue weighted by molar-refractivity contribution is 6.01. The molecule has 30 heavy (non-hydrogen) atoms. The summed E-state index contributed by atoms with van der Waals surface area (Å²) in [5.74, 6) is 0.689. The number of benzene rings is 1. The minimum absolute atomic E-state index is 0.000582. The number of esters is 1. The minimum atomic E-state index is -0.329. The van der Waals surface area contributed by atoms with E-state index in [1.165, 1.54) is 23.8 Å². The highest BCUT2D eigenvalue weighted by Gasteiger charge is 2.44. The van der Waals surface area contributed by atoms with Crippen LogP contribution < -0.4 is 0 Å². The number of methoxy groups -OCH3 is 1. The Morgan fingerprint density at radius 1 is 1.17 bits per heavy atom. The third-order valence-corrected chi connectivity index (χ3v) is 7.29. The maximum Gasteiger partial charge on any atom is 0.333 e. The Bertz CT molecular complexity index is 866. The fraction of sp³-hybridized carbons (Fsp3) is 0.556. The molecule has 1 saturated carbocycles. The average Bonchev–Trinajstić information content (AvgIpc) is 2.83. The third-order valence-electron chi connectivity index (χ3n) is 7.29. The molecule has 0 saturated heterocycles. The predicted octanol–water partition coefficient (Wildman–Crippen LogP) is 5.82. The summed E-state index contributed by atoms with van der Waals surface area (Å²) in [6.45, 7) is 14.9. The van der Waals surface area contributed by atoms with Crippen molar-refractivity contribution in [2.45, 2.75) is 65.7 Å². The maximum atomic E-state index is 13.3. The summed E-state index contributed by atoms with van der Waals surface area (Å²) >= 11 is 0. The van der Waals surface area contributed by atoms with E-state index in [1.807, 2.05) is 6.92 Å². The van der Waals surface area contributed by atoms with Gasteiger partial charge in [-0.3, -0.25) is 4.79 Å². The monoisotopic (exact) mass is 408 g/mol. The summed E-state index contributed by atoms with van der Waals surface area (Å²) < 4.78 is 4.90. The summed E-state index contributed by atoms with van der Waals surface area (Å²) in [4.78, 5) is 25.3. The molecule has 1 unspecified atom stereocenters. The molecule has 0 spiro atoms. The number of hydrogen-bond acceptors (Lipinski definition) is 3. The van der Waals surface area contributed by atoms with Crippen LogP contribution >= 0.6 is 0 Å². The molecular formula is C27H36O3. The van der Waals surface area contributed by atoms with E-state index in [1.54, 1.807) is 0 Å². The van der Waals surface area contributed by atoms with Gasteiger partial charge in [0.05, 0.1) is 7.11 Å². The molecule has 0 amide bonds. The molecule has 162 valence electrons. The second-order valence-electron chi connectivity index (χ2n) is 10.3. The van der Waals surface area contributed by atoms with Crippen LogP contribution in [0, 0.1) is 23.7 Å². The zero-order valence-corrected chi connectivity index (χ0v) is 19.4. The van der Waals surface area contributed by atoms with Crippen LogP contribution in [0.1, 0.15) is 65.0 Å². The smallest absolute Gasteiger partial charge is 0.333 e. The highest BCUT2D eigenvalue weighted by atomic mass is 16.5. The van der Waals surface area contributed by atoms with Gasteiger partial charge < -0.3 is 4.74 Å². The maximum absolute atomic E-state index is 13.3. The van der Waals surface area contributed by atoms with Gasteiger partial charge in [0.2, 0.25) is 0 Å². The lowest BCUT2D eigenvalue weighted by atomic mass is 9.77. The van der Waals surface area contributed by atoms with Crippen molar-refractivity contribution in [2.24, 2.45) is 23.7 Å². The first-order valence-corrected chi connectivity index (χ1v) is 11.1. The summed E-state index contributed by atoms with van der Waals surface area (Å²) in [5, 5.41) is 0. The van der Waals surface area contributed by atoms with Gasteiger partial charge in [0, 0.05) is 11.5 Å². The molecule has 1 aromatic rings. The Balaban J connectivity index is 1.84. The number of ketones is 1. The van der Waals surface area contributed by atoms with Gasteiger partial charge in [0.25, 0.3) is 0 Å². The van der Waals surface area contributed by atoms with Crippen molar-refractivity contribution < 1.29 is 14.3 Å². The molecule has 3 heteroatoms. The summed E-state index contributed by atoms with van der Waals surface area (Å²) in [6.07, 6.45) is 3.44. The van der Waals surface area contributed by atoms with Crippen molar-refractivity contribution >= 4 is 11.8 Å². The van der Waals surface area contributed by atoms with Crippen molar-refractivity contribution in [1.29, 1.82) is 0 Å². The van der Waals surface area contributed by atoms with E-state index >= 15 is 0 Å². The van der Waals surface area contributed by atoms with Gasteiger partial charge in [-0.25, -0.2) is 4.79 Å². The fourth-order valence-corrected chi connectivity index (χ4v) is 5.34. The third kappa shape index (κ3) is 4.31. The van der Waals surface area contributed by atoms with Crippen molar-refractivity contribution in [3.8, 4) is 0 Å². The van der Waals surface area contributed by atoms with Gasteiger partial charge in [0.1, 0.15) is 0 Å². The van der Waals surface area contributed by atoms with E-state index in [2.05, 4.69) is 58.5 Å². The van der Waals surface area contributed by atoms with E-state index in [9.17, 15) is 9.59 Å². The molecule has 3 nitrogen and oxygen atoms in total. The molecule has 4 atom stereocenters. The molecule has 0 aliphatic heterocycles. The molecular weight excluding hydrogens is 372 g/mol. The SMILES string of the molecule is C=C(C(=O)OC)[C@@H]1CC[C@H](C)[C@H]2C(=C(C)C(=O)C2Cc2ccc(C(C)(C)C)cc2)C1. The Kier molecular flexibility index (Phi) is 6.40. The predicted molar refractivity (Wildman–Crippen MR) is 121 cm³/mol. The molecule has 0 bridgehead atoms. The zero-order chi connectivity index (χ0) is 22.2. The summed E-state index contributed by atoms with van der Waals surface area (Å²) in [7, 11) is 1.40. The number of fused-ring (bicyclic) bond motifs is 1. The normalized spacial score (nSPS) is 26.9. The van der Waals surface area contributed by atoms with Crippen LogP contribution in [0.2, 0.25) is 0 Å². The number of carbonyl (C=O) groups is 2. The first-order valence-electron chi connectivity index (χ1n) is 11.1. The van der Waals surface area contributed by atoms with E-state index in [4.69, 9.17) is 4.74 Å². The van der Waals surface area contributed by atoms with Crippen LogP contribution in [0.25, 0.3) is 0 Å². The number of ether oxygens (including phenoxy) is 1. The molecule has 0 radical (unpaired) electrons. The number of carbonyl (C=O) groups excluding carboxylic acids is 2. The highest BCUT2D eigenvalue weighted by Crippen LogP contribution is 2.48. The molecule has 0 aromatic heterocycles. The number of hydrogen-bond donors (Lipinski definition) is 0. The molecule has 3 rings (SSSR count). The Hall–Kier alpha value is -2.16. The van der Waals surface area contributed by atoms with E-state index in [0.717, 1.165) is 31.3 Å². The molecule has 1 aromatic carbocycles. The second-order valence-corrected chi connectivity index (χ2v) is 10.3. The van der Waals surface area contributed by atoms with Crippen LogP contribution in [-0.4, -0.2) is 18.9 Å². The molecule has 0 heterocycles. The van der Waals surface area contributed by atoms with E-state index < -0.39 is 0 Å². The summed E-state index contributed by atoms with van der Waals surface area (Å²) in [5.41, 5.74) is 5.36. The second kappa shape index (κ2) is 8.53. The largest absolute Gasteiger partial charge is 0.466 e. The van der Waals surface area contributed by atoms with Gasteiger partial charge in [-0.1, -0.05) is 64.1 Å². The van der Waals surface area contributed by atoms with Crippen molar-refractivity contribution in [3.05, 3.63) is 58.7 Å². The Labute approximate surface area is 181 Å². The molecule has 2 aliphatic rings. The standard InChI is InChI=1S/C27H36O3/c1-16-8-11-20(17(2)26(29)30-7)15-22-18(3)25(28)23(24(16)22)14-19-9-12-21(13-10-19)27(4,5)6/h9-10,12-13,16,20,23-24H,2,8,11,14-15H2,1,3-7H3/t16-,20+,23?,24-/m0/s1. The van der Waals surface area contributed by atoms with Crippen molar-refractivity contribution in [3.63, 3.8) is 0 Å². The topological polar surface area (TPSA) is 43.4 Å². The van der Waals surface area contributed by atoms with Crippen LogP contribution in [0.4, 0.5) is 0 Å². The number of allylic oxidation sites excluding steroid dienone is 2. The van der Waals surface area contributed by atoms with Gasteiger partial charge >= 0.3 is 5.97 Å². The van der Waals surface area contributed by atoms with Gasteiger partial charge in [-0.2, -0.15) is 0 Å². The quantitative estimate of drug-likeness (QED) is 0.465. The minimum Gasteiger partial charge on any atom is -0.466 e. The first-order chi connectivity index (χ1) is 14.0.